The lowest BCUT2D eigenvalue weighted by molar-refractivity contribution is 0.0513. The van der Waals surface area contributed by atoms with Crippen molar-refractivity contribution in [2.75, 3.05) is 6.61 Å². The van der Waals surface area contributed by atoms with E-state index < -0.39 is 17.8 Å². The van der Waals surface area contributed by atoms with Gasteiger partial charge in [0.15, 0.2) is 5.78 Å². The predicted octanol–water partition coefficient (Wildman–Crippen LogP) is 3.83. The van der Waals surface area contributed by atoms with Gasteiger partial charge in [-0.3, -0.25) is 9.59 Å². The third-order valence-corrected chi connectivity index (χ3v) is 5.71. The molecule has 160 valence electrons. The van der Waals surface area contributed by atoms with Crippen molar-refractivity contribution >= 4 is 17.7 Å². The van der Waals surface area contributed by atoms with Crippen molar-refractivity contribution in [3.63, 3.8) is 0 Å². The Hall–Kier alpha value is -2.96. The summed E-state index contributed by atoms with van der Waals surface area (Å²) in [5, 5.41) is 0. The van der Waals surface area contributed by atoms with Crippen LogP contribution in [0.15, 0.2) is 24.3 Å². The number of Topliss-reactive ketones (excluding diaryl/α,β-unsaturated/α-hetero) is 1. The van der Waals surface area contributed by atoms with Crippen LogP contribution in [0.4, 0.5) is 4.39 Å². The van der Waals surface area contributed by atoms with Crippen LogP contribution in [-0.2, 0) is 11.8 Å². The molecule has 0 radical (unpaired) electrons. The van der Waals surface area contributed by atoms with Gasteiger partial charge in [-0.25, -0.2) is 9.18 Å². The molecule has 3 rings (SSSR count). The molecule has 1 fully saturated rings. The quantitative estimate of drug-likeness (QED) is 0.510. The standard InChI is InChI=1S/C23H27FN2O4/c1-6-30-23(29)20-13(2)19(14(3)25(20)5)21(27)15(4)26(18-11-12-18)22(28)16-7-9-17(24)10-8-16/h7-10,15,18H,6,11-12H2,1-5H3/t15-/m1/s1. The summed E-state index contributed by atoms with van der Waals surface area (Å²) in [7, 11) is 1.72. The number of rotatable bonds is 7. The van der Waals surface area contributed by atoms with Crippen LogP contribution in [0.2, 0.25) is 0 Å². The summed E-state index contributed by atoms with van der Waals surface area (Å²) < 4.78 is 20.1. The number of hydrogen-bond donors (Lipinski definition) is 0. The van der Waals surface area contributed by atoms with Gasteiger partial charge in [-0.15, -0.1) is 0 Å². The van der Waals surface area contributed by atoms with Crippen molar-refractivity contribution in [2.24, 2.45) is 7.05 Å². The van der Waals surface area contributed by atoms with E-state index in [2.05, 4.69) is 0 Å². The Bertz CT molecular complexity index is 990. The van der Waals surface area contributed by atoms with Crippen LogP contribution < -0.4 is 0 Å². The molecular weight excluding hydrogens is 387 g/mol. The summed E-state index contributed by atoms with van der Waals surface area (Å²) in [5.74, 6) is -1.42. The van der Waals surface area contributed by atoms with Gasteiger partial charge in [0, 0.05) is 29.9 Å². The van der Waals surface area contributed by atoms with E-state index in [0.717, 1.165) is 12.8 Å². The Balaban J connectivity index is 1.95. The van der Waals surface area contributed by atoms with Gasteiger partial charge in [0.2, 0.25) is 0 Å². The number of benzene rings is 1. The summed E-state index contributed by atoms with van der Waals surface area (Å²) in [4.78, 5) is 40.6. The molecule has 1 saturated carbocycles. The van der Waals surface area contributed by atoms with Crippen molar-refractivity contribution in [3.05, 3.63) is 58.2 Å². The maximum absolute atomic E-state index is 13.5. The Kier molecular flexibility index (Phi) is 6.10. The lowest BCUT2D eigenvalue weighted by Crippen LogP contribution is -2.45. The topological polar surface area (TPSA) is 68.6 Å². The Morgan fingerprint density at radius 3 is 2.33 bits per heavy atom. The number of carbonyl (C=O) groups is 3. The molecule has 0 saturated heterocycles. The number of ether oxygens (including phenoxy) is 1. The normalized spacial score (nSPS) is 14.3. The zero-order valence-electron chi connectivity index (χ0n) is 18.0. The highest BCUT2D eigenvalue weighted by atomic mass is 19.1. The van der Waals surface area contributed by atoms with Crippen LogP contribution >= 0.6 is 0 Å². The van der Waals surface area contributed by atoms with Gasteiger partial charge in [-0.05, 0) is 70.4 Å². The van der Waals surface area contributed by atoms with Crippen LogP contribution in [-0.4, -0.2) is 45.8 Å². The number of halogens is 1. The largest absolute Gasteiger partial charge is 0.461 e. The molecule has 1 aromatic carbocycles. The molecule has 1 amide bonds. The molecule has 6 nitrogen and oxygen atoms in total. The molecule has 0 spiro atoms. The van der Waals surface area contributed by atoms with Gasteiger partial charge in [0.05, 0.1) is 12.6 Å². The summed E-state index contributed by atoms with van der Waals surface area (Å²) >= 11 is 0. The Morgan fingerprint density at radius 1 is 1.20 bits per heavy atom. The van der Waals surface area contributed by atoms with Crippen molar-refractivity contribution < 1.29 is 23.5 Å². The lowest BCUT2D eigenvalue weighted by Gasteiger charge is -2.29. The molecule has 0 unspecified atom stereocenters. The van der Waals surface area contributed by atoms with Crippen LogP contribution in [0.3, 0.4) is 0 Å². The minimum absolute atomic E-state index is 0.0182. The molecule has 2 aromatic rings. The first-order valence-corrected chi connectivity index (χ1v) is 10.1. The molecule has 1 atom stereocenters. The molecule has 1 aliphatic carbocycles. The Morgan fingerprint density at radius 2 is 1.80 bits per heavy atom. The maximum atomic E-state index is 13.5. The van der Waals surface area contributed by atoms with E-state index in [1.165, 1.54) is 24.3 Å². The molecule has 30 heavy (non-hydrogen) atoms. The number of carbonyl (C=O) groups excluding carboxylic acids is 3. The van der Waals surface area contributed by atoms with E-state index >= 15 is 0 Å². The van der Waals surface area contributed by atoms with Crippen molar-refractivity contribution in [1.29, 1.82) is 0 Å². The van der Waals surface area contributed by atoms with E-state index in [4.69, 9.17) is 4.74 Å². The molecule has 1 aliphatic rings. The fourth-order valence-corrected chi connectivity index (χ4v) is 3.92. The second kappa shape index (κ2) is 8.42. The van der Waals surface area contributed by atoms with Gasteiger partial charge in [-0.1, -0.05) is 0 Å². The van der Waals surface area contributed by atoms with Gasteiger partial charge < -0.3 is 14.2 Å². The fraction of sp³-hybridized carbons (Fsp3) is 0.435. The van der Waals surface area contributed by atoms with E-state index in [9.17, 15) is 18.8 Å². The number of hydrogen-bond acceptors (Lipinski definition) is 4. The maximum Gasteiger partial charge on any atom is 0.355 e. The SMILES string of the molecule is CCOC(=O)c1c(C)c(C(=O)[C@@H](C)N(C(=O)c2ccc(F)cc2)C2CC2)c(C)n1C. The predicted molar refractivity (Wildman–Crippen MR) is 110 cm³/mol. The molecule has 1 heterocycles. The average Bonchev–Trinajstić information content (AvgIpc) is 3.50. The third-order valence-electron chi connectivity index (χ3n) is 5.71. The van der Waals surface area contributed by atoms with Crippen LogP contribution in [0.1, 0.15) is 69.2 Å². The Labute approximate surface area is 175 Å². The lowest BCUT2D eigenvalue weighted by atomic mass is 9.99. The van der Waals surface area contributed by atoms with Crippen molar-refractivity contribution in [1.82, 2.24) is 9.47 Å². The van der Waals surface area contributed by atoms with Gasteiger partial charge >= 0.3 is 5.97 Å². The highest BCUT2D eigenvalue weighted by Gasteiger charge is 2.40. The zero-order chi connectivity index (χ0) is 22.2. The third kappa shape index (κ3) is 3.88. The molecule has 0 bridgehead atoms. The van der Waals surface area contributed by atoms with Gasteiger partial charge in [0.1, 0.15) is 11.5 Å². The summed E-state index contributed by atoms with van der Waals surface area (Å²) in [6, 6.07) is 4.61. The monoisotopic (exact) mass is 414 g/mol. The smallest absolute Gasteiger partial charge is 0.355 e. The van der Waals surface area contributed by atoms with Crippen molar-refractivity contribution in [3.8, 4) is 0 Å². The number of esters is 1. The second-order valence-corrected chi connectivity index (χ2v) is 7.70. The molecular formula is C23H27FN2O4. The van der Waals surface area contributed by atoms with Crippen LogP contribution in [0.5, 0.6) is 0 Å². The highest BCUT2D eigenvalue weighted by Crippen LogP contribution is 2.32. The summed E-state index contributed by atoms with van der Waals surface area (Å²) in [5.41, 5.74) is 2.32. The van der Waals surface area contributed by atoms with Crippen LogP contribution in [0, 0.1) is 19.7 Å². The average molecular weight is 414 g/mol. The summed E-state index contributed by atoms with van der Waals surface area (Å²) in [6.45, 7) is 7.18. The van der Waals surface area contributed by atoms with Gasteiger partial charge in [-0.2, -0.15) is 0 Å². The first-order chi connectivity index (χ1) is 14.2. The number of nitrogens with zero attached hydrogens (tertiary/aromatic N) is 2. The molecule has 1 aromatic heterocycles. The second-order valence-electron chi connectivity index (χ2n) is 7.70. The molecule has 0 aliphatic heterocycles. The first-order valence-electron chi connectivity index (χ1n) is 10.1. The number of ketones is 1. The number of aromatic nitrogens is 1. The van der Waals surface area contributed by atoms with E-state index in [0.29, 0.717) is 28.1 Å². The summed E-state index contributed by atoms with van der Waals surface area (Å²) in [6.07, 6.45) is 1.65. The van der Waals surface area contributed by atoms with E-state index in [1.807, 2.05) is 0 Å². The first kappa shape index (κ1) is 21.7. The van der Waals surface area contributed by atoms with Crippen LogP contribution in [0.25, 0.3) is 0 Å². The zero-order valence-corrected chi connectivity index (χ0v) is 18.0. The molecule has 0 N–H and O–H groups in total. The van der Waals surface area contributed by atoms with Crippen molar-refractivity contribution in [2.45, 2.75) is 52.6 Å². The number of amides is 1. The fourth-order valence-electron chi connectivity index (χ4n) is 3.92. The molecule has 7 heteroatoms. The van der Waals surface area contributed by atoms with Gasteiger partial charge in [0.25, 0.3) is 5.91 Å². The van der Waals surface area contributed by atoms with E-state index in [-0.39, 0.29) is 24.3 Å². The van der Waals surface area contributed by atoms with E-state index in [1.54, 1.807) is 44.2 Å². The minimum Gasteiger partial charge on any atom is -0.461 e. The minimum atomic E-state index is -0.718. The highest BCUT2D eigenvalue weighted by molar-refractivity contribution is 6.07.